The third kappa shape index (κ3) is 1.56. The number of anilines is 2. The van der Waals surface area contributed by atoms with Gasteiger partial charge < -0.3 is 15.0 Å². The first-order chi connectivity index (χ1) is 8.58. The van der Waals surface area contributed by atoms with Crippen LogP contribution in [0.3, 0.4) is 0 Å². The Labute approximate surface area is 103 Å². The summed E-state index contributed by atoms with van der Waals surface area (Å²) in [6, 6.07) is 1.80. The highest BCUT2D eigenvalue weighted by Gasteiger charge is 2.40. The zero-order valence-electron chi connectivity index (χ0n) is 9.74. The van der Waals surface area contributed by atoms with Crippen LogP contribution in [0.2, 0.25) is 0 Å². The summed E-state index contributed by atoms with van der Waals surface area (Å²) in [7, 11) is 1.71. The first-order valence-electron chi connectivity index (χ1n) is 5.68. The molecular weight excluding hydrogens is 242 g/mol. The predicted molar refractivity (Wildman–Crippen MR) is 61.5 cm³/mol. The lowest BCUT2D eigenvalue weighted by molar-refractivity contribution is -0.120. The first kappa shape index (κ1) is 11.4. The molecule has 1 fully saturated rings. The van der Waals surface area contributed by atoms with Crippen LogP contribution in [0.5, 0.6) is 0 Å². The van der Waals surface area contributed by atoms with E-state index in [0.717, 1.165) is 6.07 Å². The van der Waals surface area contributed by atoms with Crippen molar-refractivity contribution < 1.29 is 18.3 Å². The minimum atomic E-state index is -0.758. The highest BCUT2D eigenvalue weighted by molar-refractivity contribution is 5.98. The van der Waals surface area contributed by atoms with Gasteiger partial charge in [0.25, 0.3) is 0 Å². The SMILES string of the molecule is CN1c2cc(F)cc(F)c2NC(=O)C2COCC21. The molecule has 96 valence electrons. The van der Waals surface area contributed by atoms with Gasteiger partial charge in [-0.25, -0.2) is 8.78 Å². The third-order valence-corrected chi connectivity index (χ3v) is 3.55. The van der Waals surface area contributed by atoms with Crippen molar-refractivity contribution in [2.24, 2.45) is 5.92 Å². The summed E-state index contributed by atoms with van der Waals surface area (Å²) < 4.78 is 32.3. The fourth-order valence-corrected chi connectivity index (χ4v) is 2.53. The third-order valence-electron chi connectivity index (χ3n) is 3.55. The summed E-state index contributed by atoms with van der Waals surface area (Å²) in [6.07, 6.45) is 0. The molecule has 0 aromatic heterocycles. The van der Waals surface area contributed by atoms with E-state index in [-0.39, 0.29) is 23.6 Å². The van der Waals surface area contributed by atoms with E-state index >= 15 is 0 Å². The Morgan fingerprint density at radius 1 is 1.39 bits per heavy atom. The van der Waals surface area contributed by atoms with E-state index in [2.05, 4.69) is 5.32 Å². The molecule has 0 aliphatic carbocycles. The second-order valence-corrected chi connectivity index (χ2v) is 4.59. The second kappa shape index (κ2) is 3.91. The fourth-order valence-electron chi connectivity index (χ4n) is 2.53. The smallest absolute Gasteiger partial charge is 0.232 e. The molecule has 1 saturated heterocycles. The summed E-state index contributed by atoms with van der Waals surface area (Å²) in [6.45, 7) is 0.686. The summed E-state index contributed by atoms with van der Waals surface area (Å²) in [4.78, 5) is 13.7. The van der Waals surface area contributed by atoms with E-state index in [9.17, 15) is 13.6 Å². The zero-order valence-corrected chi connectivity index (χ0v) is 9.74. The number of hydrogen-bond acceptors (Lipinski definition) is 3. The first-order valence-corrected chi connectivity index (χ1v) is 5.68. The van der Waals surface area contributed by atoms with Crippen molar-refractivity contribution in [3.63, 3.8) is 0 Å². The number of benzene rings is 1. The van der Waals surface area contributed by atoms with Gasteiger partial charge in [-0.3, -0.25) is 4.79 Å². The standard InChI is InChI=1S/C12H12F2N2O2/c1-16-9-3-6(13)2-8(14)11(9)15-12(17)7-4-18-5-10(7)16/h2-3,7,10H,4-5H2,1H3,(H,15,17). The number of carbonyl (C=O) groups is 1. The molecule has 4 nitrogen and oxygen atoms in total. The zero-order chi connectivity index (χ0) is 12.9. The monoisotopic (exact) mass is 254 g/mol. The molecule has 0 radical (unpaired) electrons. The van der Waals surface area contributed by atoms with Crippen LogP contribution in [0.1, 0.15) is 0 Å². The molecular formula is C12H12F2N2O2. The molecule has 2 atom stereocenters. The second-order valence-electron chi connectivity index (χ2n) is 4.59. The van der Waals surface area contributed by atoms with E-state index in [1.807, 2.05) is 0 Å². The van der Waals surface area contributed by atoms with Gasteiger partial charge in [-0.15, -0.1) is 0 Å². The van der Waals surface area contributed by atoms with Crippen LogP contribution in [0.4, 0.5) is 20.2 Å². The average Bonchev–Trinajstić information content (AvgIpc) is 2.76. The van der Waals surface area contributed by atoms with Crippen LogP contribution in [0, 0.1) is 17.6 Å². The minimum Gasteiger partial charge on any atom is -0.378 e. The van der Waals surface area contributed by atoms with Crippen molar-refractivity contribution in [2.45, 2.75) is 6.04 Å². The summed E-state index contributed by atoms with van der Waals surface area (Å²) in [5.41, 5.74) is 0.386. The molecule has 1 amide bonds. The van der Waals surface area contributed by atoms with E-state index in [1.165, 1.54) is 6.07 Å². The number of halogens is 2. The van der Waals surface area contributed by atoms with Gasteiger partial charge in [0.2, 0.25) is 5.91 Å². The normalized spacial score (nSPS) is 26.4. The average molecular weight is 254 g/mol. The number of fused-ring (bicyclic) bond motifs is 2. The Kier molecular flexibility index (Phi) is 2.48. The lowest BCUT2D eigenvalue weighted by Crippen LogP contribution is -2.40. The highest BCUT2D eigenvalue weighted by atomic mass is 19.1. The van der Waals surface area contributed by atoms with Crippen molar-refractivity contribution in [3.8, 4) is 0 Å². The molecule has 1 N–H and O–H groups in total. The highest BCUT2D eigenvalue weighted by Crippen LogP contribution is 2.36. The molecule has 2 aliphatic rings. The van der Waals surface area contributed by atoms with Crippen molar-refractivity contribution in [2.75, 3.05) is 30.5 Å². The van der Waals surface area contributed by atoms with E-state index in [0.29, 0.717) is 18.9 Å². The van der Waals surface area contributed by atoms with E-state index in [4.69, 9.17) is 4.74 Å². The van der Waals surface area contributed by atoms with Gasteiger partial charge in [-0.05, 0) is 6.07 Å². The molecule has 6 heteroatoms. The number of likely N-dealkylation sites (N-methyl/N-ethyl adjacent to an activating group) is 1. The number of ether oxygens (including phenoxy) is 1. The molecule has 1 aromatic carbocycles. The van der Waals surface area contributed by atoms with Crippen LogP contribution in [-0.4, -0.2) is 32.2 Å². The van der Waals surface area contributed by atoms with E-state index in [1.54, 1.807) is 11.9 Å². The maximum Gasteiger partial charge on any atom is 0.232 e. The van der Waals surface area contributed by atoms with Crippen LogP contribution >= 0.6 is 0 Å². The number of hydrogen-bond donors (Lipinski definition) is 1. The quantitative estimate of drug-likeness (QED) is 0.760. The molecule has 2 heterocycles. The van der Waals surface area contributed by atoms with Gasteiger partial charge in [-0.1, -0.05) is 0 Å². The summed E-state index contributed by atoms with van der Waals surface area (Å²) in [5, 5.41) is 2.52. The molecule has 0 spiro atoms. The van der Waals surface area contributed by atoms with Crippen molar-refractivity contribution >= 4 is 17.3 Å². The molecule has 3 rings (SSSR count). The number of carbonyl (C=O) groups excluding carboxylic acids is 1. The van der Waals surface area contributed by atoms with Gasteiger partial charge in [0, 0.05) is 13.1 Å². The van der Waals surface area contributed by atoms with Crippen molar-refractivity contribution in [1.29, 1.82) is 0 Å². The van der Waals surface area contributed by atoms with Gasteiger partial charge in [0.05, 0.1) is 30.9 Å². The summed E-state index contributed by atoms with van der Waals surface area (Å²) >= 11 is 0. The Morgan fingerprint density at radius 2 is 2.17 bits per heavy atom. The van der Waals surface area contributed by atoms with Gasteiger partial charge in [0.15, 0.2) is 5.82 Å². The predicted octanol–water partition coefficient (Wildman–Crippen LogP) is 1.37. The van der Waals surface area contributed by atoms with Crippen LogP contribution in [0.25, 0.3) is 0 Å². The maximum atomic E-state index is 13.7. The lowest BCUT2D eigenvalue weighted by Gasteiger charge is -2.26. The lowest BCUT2D eigenvalue weighted by atomic mass is 10.0. The van der Waals surface area contributed by atoms with E-state index < -0.39 is 11.6 Å². The number of nitrogens with zero attached hydrogens (tertiary/aromatic N) is 1. The van der Waals surface area contributed by atoms with Crippen molar-refractivity contribution in [3.05, 3.63) is 23.8 Å². The largest absolute Gasteiger partial charge is 0.378 e. The molecule has 18 heavy (non-hydrogen) atoms. The maximum absolute atomic E-state index is 13.7. The molecule has 0 bridgehead atoms. The number of rotatable bonds is 0. The molecule has 1 aromatic rings. The topological polar surface area (TPSA) is 41.6 Å². The number of nitrogens with one attached hydrogen (secondary N) is 1. The molecule has 2 unspecified atom stereocenters. The van der Waals surface area contributed by atoms with Crippen molar-refractivity contribution in [1.82, 2.24) is 0 Å². The van der Waals surface area contributed by atoms with Crippen LogP contribution in [-0.2, 0) is 9.53 Å². The van der Waals surface area contributed by atoms with Gasteiger partial charge in [-0.2, -0.15) is 0 Å². The Morgan fingerprint density at radius 3 is 2.94 bits per heavy atom. The Hall–Kier alpha value is -1.69. The Balaban J connectivity index is 2.14. The minimum absolute atomic E-state index is 0.0401. The fraction of sp³-hybridized carbons (Fsp3) is 0.417. The summed E-state index contributed by atoms with van der Waals surface area (Å²) in [5.74, 6) is -2.06. The Bertz CT molecular complexity index is 521. The van der Waals surface area contributed by atoms with Gasteiger partial charge in [0.1, 0.15) is 11.5 Å². The van der Waals surface area contributed by atoms with Crippen LogP contribution in [0.15, 0.2) is 12.1 Å². The van der Waals surface area contributed by atoms with Gasteiger partial charge >= 0.3 is 0 Å². The van der Waals surface area contributed by atoms with Crippen LogP contribution < -0.4 is 10.2 Å². The number of amides is 1. The molecule has 0 saturated carbocycles. The molecule has 2 aliphatic heterocycles.